The van der Waals surface area contributed by atoms with E-state index in [1.165, 1.54) is 32.1 Å². The third-order valence-electron chi connectivity index (χ3n) is 11.4. The average molecular weight is 1020 g/mol. The van der Waals surface area contributed by atoms with E-state index in [0.29, 0.717) is 12.8 Å². The number of rotatable bonds is 50. The molecule has 0 saturated heterocycles. The maximum Gasteiger partial charge on any atom is 0.306 e. The van der Waals surface area contributed by atoms with Crippen molar-refractivity contribution in [2.24, 2.45) is 0 Å². The van der Waals surface area contributed by atoms with Crippen molar-refractivity contribution < 1.29 is 28.6 Å². The second kappa shape index (κ2) is 60.3. The first-order valence-corrected chi connectivity index (χ1v) is 29.1. The third-order valence-corrected chi connectivity index (χ3v) is 11.4. The van der Waals surface area contributed by atoms with Crippen LogP contribution in [0, 0.1) is 0 Å². The van der Waals surface area contributed by atoms with E-state index in [1.807, 2.05) is 12.2 Å². The van der Waals surface area contributed by atoms with Gasteiger partial charge in [0.05, 0.1) is 0 Å². The predicted octanol–water partition coefficient (Wildman–Crippen LogP) is 19.9. The van der Waals surface area contributed by atoms with Gasteiger partial charge in [0.1, 0.15) is 13.2 Å². The molecule has 0 heterocycles. The van der Waals surface area contributed by atoms with Crippen LogP contribution in [0.2, 0.25) is 0 Å². The molecule has 412 valence electrons. The normalized spacial score (nSPS) is 13.4. The van der Waals surface area contributed by atoms with Gasteiger partial charge < -0.3 is 14.2 Å². The van der Waals surface area contributed by atoms with Crippen molar-refractivity contribution >= 4 is 17.9 Å². The Hall–Kier alpha value is -5.23. The first-order chi connectivity index (χ1) is 36.5. The molecule has 74 heavy (non-hydrogen) atoms. The lowest BCUT2D eigenvalue weighted by Crippen LogP contribution is -2.30. The van der Waals surface area contributed by atoms with Gasteiger partial charge in [0, 0.05) is 19.3 Å². The van der Waals surface area contributed by atoms with Crippen LogP contribution in [0.25, 0.3) is 0 Å². The van der Waals surface area contributed by atoms with Gasteiger partial charge in [-0.25, -0.2) is 0 Å². The maximum absolute atomic E-state index is 12.8. The predicted molar refractivity (Wildman–Crippen MR) is 320 cm³/mol. The second-order valence-electron chi connectivity index (χ2n) is 18.4. The zero-order valence-corrected chi connectivity index (χ0v) is 47.0. The van der Waals surface area contributed by atoms with Crippen LogP contribution in [-0.4, -0.2) is 37.2 Å². The fourth-order valence-corrected chi connectivity index (χ4v) is 7.15. The molecule has 0 aromatic carbocycles. The first-order valence-electron chi connectivity index (χ1n) is 29.1. The van der Waals surface area contributed by atoms with E-state index in [9.17, 15) is 14.4 Å². The summed E-state index contributed by atoms with van der Waals surface area (Å²) < 4.78 is 16.7. The zero-order chi connectivity index (χ0) is 53.6. The monoisotopic (exact) mass is 1020 g/mol. The second-order valence-corrected chi connectivity index (χ2v) is 18.4. The fourth-order valence-electron chi connectivity index (χ4n) is 7.15. The Morgan fingerprint density at radius 3 is 0.932 bits per heavy atom. The van der Waals surface area contributed by atoms with Gasteiger partial charge in [0.25, 0.3) is 0 Å². The summed E-state index contributed by atoms with van der Waals surface area (Å²) in [5.74, 6) is -1.09. The Morgan fingerprint density at radius 1 is 0.284 bits per heavy atom. The minimum Gasteiger partial charge on any atom is -0.462 e. The van der Waals surface area contributed by atoms with E-state index in [4.69, 9.17) is 14.2 Å². The summed E-state index contributed by atoms with van der Waals surface area (Å²) in [6, 6.07) is 0. The minimum absolute atomic E-state index is 0.137. The Kier molecular flexibility index (Phi) is 56.1. The molecular formula is C68H104O6. The van der Waals surface area contributed by atoms with Crippen LogP contribution in [0.5, 0.6) is 0 Å². The highest BCUT2D eigenvalue weighted by Crippen LogP contribution is 2.12. The quantitative estimate of drug-likeness (QED) is 0.0261. The molecule has 0 rings (SSSR count). The maximum atomic E-state index is 12.8. The first kappa shape index (κ1) is 68.8. The van der Waals surface area contributed by atoms with Gasteiger partial charge >= 0.3 is 17.9 Å². The van der Waals surface area contributed by atoms with Crippen molar-refractivity contribution in [3.8, 4) is 0 Å². The lowest BCUT2D eigenvalue weighted by atomic mass is 10.1. The molecular weight excluding hydrogens is 913 g/mol. The van der Waals surface area contributed by atoms with Crippen LogP contribution in [0.1, 0.15) is 220 Å². The molecule has 1 atom stereocenters. The number of allylic oxidation sites excluding steroid dienone is 28. The standard InChI is InChI=1S/C68H104O6/c1-4-7-10-13-16-19-22-25-27-29-30-31-32-33-34-35-36-37-38-39-41-43-46-49-52-55-58-61-67(70)73-64-65(63-72-66(69)60-57-54-51-48-45-42-24-21-18-15-12-9-6-3)74-68(71)62-59-56-53-50-47-44-40-28-26-23-20-17-14-11-8-5-2/h7,9-10,12,16,18-21,23,25,27-28,30-31,33-34,36-37,39-42,45-46,49,51,54,65H,4-6,8,11,13-15,17,22,24,26,29,32,35,38,43-44,47-48,50,52-53,55-64H2,1-3H3/b10-7-,12-9-,19-16-,21-18-,23-20-,27-25-,31-30-,34-33-,37-36-,40-28-,41-39-,45-42-,49-46-,54-51-. The van der Waals surface area contributed by atoms with E-state index in [-0.39, 0.29) is 50.4 Å². The molecule has 0 saturated carbocycles. The van der Waals surface area contributed by atoms with E-state index < -0.39 is 6.10 Å². The summed E-state index contributed by atoms with van der Waals surface area (Å²) in [5.41, 5.74) is 0. The number of esters is 3. The van der Waals surface area contributed by atoms with Gasteiger partial charge in [-0.1, -0.05) is 229 Å². The van der Waals surface area contributed by atoms with E-state index >= 15 is 0 Å². The van der Waals surface area contributed by atoms with Crippen LogP contribution in [0.3, 0.4) is 0 Å². The highest BCUT2D eigenvalue weighted by atomic mass is 16.6. The smallest absolute Gasteiger partial charge is 0.306 e. The van der Waals surface area contributed by atoms with Gasteiger partial charge in [-0.2, -0.15) is 0 Å². The number of hydrogen-bond acceptors (Lipinski definition) is 6. The van der Waals surface area contributed by atoms with Gasteiger partial charge in [0.2, 0.25) is 0 Å². The molecule has 0 amide bonds. The molecule has 0 aromatic heterocycles. The Bertz CT molecular complexity index is 1740. The van der Waals surface area contributed by atoms with Gasteiger partial charge in [0.15, 0.2) is 6.10 Å². The van der Waals surface area contributed by atoms with Crippen LogP contribution in [-0.2, 0) is 28.6 Å². The molecule has 6 nitrogen and oxygen atoms in total. The Morgan fingerprint density at radius 2 is 0.554 bits per heavy atom. The van der Waals surface area contributed by atoms with E-state index in [0.717, 1.165) is 135 Å². The Balaban J connectivity index is 4.53. The van der Waals surface area contributed by atoms with Gasteiger partial charge in [-0.05, 0) is 141 Å². The van der Waals surface area contributed by atoms with Crippen LogP contribution >= 0.6 is 0 Å². The molecule has 0 N–H and O–H groups in total. The molecule has 0 aliphatic rings. The summed E-state index contributed by atoms with van der Waals surface area (Å²) in [6.07, 6.45) is 89.3. The van der Waals surface area contributed by atoms with E-state index in [2.05, 4.69) is 179 Å². The SMILES string of the molecule is CC/C=C\C/C=C\C/C=C\C/C=C\C/C=C\C/C=C\C/C=C\C/C=C\CCCCC(=O)OCC(COC(=O)CC/C=C\C/C=C\C/C=C\C/C=C\CC)OC(=O)CCCCCCC/C=C\C/C=C\CCCCCC. The highest BCUT2D eigenvalue weighted by Gasteiger charge is 2.19. The van der Waals surface area contributed by atoms with Crippen molar-refractivity contribution in [2.75, 3.05) is 13.2 Å². The molecule has 0 aromatic rings. The topological polar surface area (TPSA) is 78.9 Å². The summed E-state index contributed by atoms with van der Waals surface area (Å²) >= 11 is 0. The Labute approximate surface area is 453 Å². The molecule has 0 fully saturated rings. The van der Waals surface area contributed by atoms with Crippen molar-refractivity contribution in [2.45, 2.75) is 226 Å². The zero-order valence-electron chi connectivity index (χ0n) is 47.0. The summed E-state index contributed by atoms with van der Waals surface area (Å²) in [6.45, 7) is 6.25. The van der Waals surface area contributed by atoms with E-state index in [1.54, 1.807) is 0 Å². The van der Waals surface area contributed by atoms with Gasteiger partial charge in [-0.15, -0.1) is 0 Å². The largest absolute Gasteiger partial charge is 0.462 e. The number of hydrogen-bond donors (Lipinski definition) is 0. The molecule has 0 aliphatic carbocycles. The minimum atomic E-state index is -0.842. The van der Waals surface area contributed by atoms with Crippen LogP contribution < -0.4 is 0 Å². The van der Waals surface area contributed by atoms with Crippen molar-refractivity contribution in [1.82, 2.24) is 0 Å². The van der Waals surface area contributed by atoms with Crippen LogP contribution in [0.15, 0.2) is 170 Å². The molecule has 0 bridgehead atoms. The van der Waals surface area contributed by atoms with Crippen molar-refractivity contribution in [1.29, 1.82) is 0 Å². The number of ether oxygens (including phenoxy) is 3. The molecule has 1 unspecified atom stereocenters. The molecule has 6 heteroatoms. The van der Waals surface area contributed by atoms with Gasteiger partial charge in [-0.3, -0.25) is 14.4 Å². The highest BCUT2D eigenvalue weighted by molar-refractivity contribution is 5.71. The average Bonchev–Trinajstić information content (AvgIpc) is 3.40. The number of carbonyl (C=O) groups is 3. The third kappa shape index (κ3) is 57.7. The molecule has 0 aliphatic heterocycles. The van der Waals surface area contributed by atoms with Crippen LogP contribution in [0.4, 0.5) is 0 Å². The fraction of sp³-hybridized carbons (Fsp3) is 0.544. The lowest BCUT2D eigenvalue weighted by Gasteiger charge is -2.18. The number of carbonyl (C=O) groups excluding carboxylic acids is 3. The van der Waals surface area contributed by atoms with Crippen molar-refractivity contribution in [3.63, 3.8) is 0 Å². The molecule has 0 spiro atoms. The number of unbranched alkanes of at least 4 members (excludes halogenated alkanes) is 11. The lowest BCUT2D eigenvalue weighted by molar-refractivity contribution is -0.166. The summed E-state index contributed by atoms with van der Waals surface area (Å²) in [7, 11) is 0. The summed E-state index contributed by atoms with van der Waals surface area (Å²) in [4.78, 5) is 38.1. The van der Waals surface area contributed by atoms with Crippen molar-refractivity contribution in [3.05, 3.63) is 170 Å². The molecule has 0 radical (unpaired) electrons. The summed E-state index contributed by atoms with van der Waals surface area (Å²) in [5, 5.41) is 0.